The van der Waals surface area contributed by atoms with Gasteiger partial charge < -0.3 is 10.2 Å². The van der Waals surface area contributed by atoms with E-state index in [-0.39, 0.29) is 5.56 Å². The maximum absolute atomic E-state index is 12.2. The normalized spacial score (nSPS) is 18.0. The summed E-state index contributed by atoms with van der Waals surface area (Å²) >= 11 is 0. The molecule has 1 saturated heterocycles. The predicted molar refractivity (Wildman–Crippen MR) is 86.9 cm³/mol. The number of hydrogen-bond donors (Lipinski definition) is 1. The lowest BCUT2D eigenvalue weighted by Gasteiger charge is -2.31. The second kappa shape index (κ2) is 7.59. The number of piperidine rings is 1. The van der Waals surface area contributed by atoms with Crippen molar-refractivity contribution in [3.8, 4) is 0 Å². The molecule has 1 aromatic heterocycles. The summed E-state index contributed by atoms with van der Waals surface area (Å²) in [6, 6.07) is 2.15. The SMILES string of the molecule is CCNC(C)CCn1ncc(N2CCC(C)CC2)cc1=O. The smallest absolute Gasteiger partial charge is 0.268 e. The van der Waals surface area contributed by atoms with Crippen molar-refractivity contribution < 1.29 is 0 Å². The Morgan fingerprint density at radius 1 is 1.43 bits per heavy atom. The molecule has 0 amide bonds. The van der Waals surface area contributed by atoms with Crippen molar-refractivity contribution in [1.29, 1.82) is 0 Å². The Morgan fingerprint density at radius 2 is 2.14 bits per heavy atom. The molecular formula is C16H28N4O. The minimum Gasteiger partial charge on any atom is -0.370 e. The first-order valence-electron chi connectivity index (χ1n) is 8.15. The highest BCUT2D eigenvalue weighted by molar-refractivity contribution is 5.43. The van der Waals surface area contributed by atoms with E-state index in [0.717, 1.165) is 37.7 Å². The lowest BCUT2D eigenvalue weighted by atomic mass is 9.99. The lowest BCUT2D eigenvalue weighted by molar-refractivity contribution is 0.435. The molecule has 21 heavy (non-hydrogen) atoms. The topological polar surface area (TPSA) is 50.2 Å². The number of aryl methyl sites for hydroxylation is 1. The van der Waals surface area contributed by atoms with Crippen LogP contribution in [0.4, 0.5) is 5.69 Å². The Hall–Kier alpha value is -1.36. The summed E-state index contributed by atoms with van der Waals surface area (Å²) in [5.41, 5.74) is 0.984. The molecule has 0 bridgehead atoms. The van der Waals surface area contributed by atoms with Crippen molar-refractivity contribution in [2.24, 2.45) is 5.92 Å². The summed E-state index contributed by atoms with van der Waals surface area (Å²) in [5.74, 6) is 0.794. The minimum atomic E-state index is 0.00909. The first kappa shape index (κ1) is 16.0. The second-order valence-corrected chi connectivity index (χ2v) is 6.19. The van der Waals surface area contributed by atoms with Gasteiger partial charge in [-0.1, -0.05) is 13.8 Å². The van der Waals surface area contributed by atoms with Crippen LogP contribution in [0.5, 0.6) is 0 Å². The Labute approximate surface area is 127 Å². The number of anilines is 1. The van der Waals surface area contributed by atoms with Crippen molar-refractivity contribution in [3.63, 3.8) is 0 Å². The fraction of sp³-hybridized carbons (Fsp3) is 0.750. The van der Waals surface area contributed by atoms with Gasteiger partial charge in [-0.2, -0.15) is 5.10 Å². The molecule has 0 saturated carbocycles. The predicted octanol–water partition coefficient (Wildman–Crippen LogP) is 1.87. The van der Waals surface area contributed by atoms with Gasteiger partial charge in [0.05, 0.1) is 11.9 Å². The van der Waals surface area contributed by atoms with E-state index >= 15 is 0 Å². The van der Waals surface area contributed by atoms with Crippen LogP contribution in [0.2, 0.25) is 0 Å². The number of aromatic nitrogens is 2. The number of nitrogens with zero attached hydrogens (tertiary/aromatic N) is 3. The molecular weight excluding hydrogens is 264 g/mol. The summed E-state index contributed by atoms with van der Waals surface area (Å²) in [7, 11) is 0. The highest BCUT2D eigenvalue weighted by Crippen LogP contribution is 2.20. The monoisotopic (exact) mass is 292 g/mol. The second-order valence-electron chi connectivity index (χ2n) is 6.19. The summed E-state index contributed by atoms with van der Waals surface area (Å²) in [6.07, 6.45) is 5.16. The molecule has 0 aromatic carbocycles. The Balaban J connectivity index is 1.96. The third kappa shape index (κ3) is 4.56. The Morgan fingerprint density at radius 3 is 2.76 bits per heavy atom. The molecule has 1 unspecified atom stereocenters. The molecule has 1 N–H and O–H groups in total. The van der Waals surface area contributed by atoms with Gasteiger partial charge in [-0.15, -0.1) is 0 Å². The van der Waals surface area contributed by atoms with E-state index in [9.17, 15) is 4.79 Å². The number of nitrogens with one attached hydrogen (secondary N) is 1. The number of rotatable bonds is 6. The molecule has 1 aliphatic heterocycles. The van der Waals surface area contributed by atoms with Crippen molar-refractivity contribution in [1.82, 2.24) is 15.1 Å². The third-order valence-corrected chi connectivity index (χ3v) is 4.33. The molecule has 2 heterocycles. The molecule has 2 rings (SSSR count). The Kier molecular flexibility index (Phi) is 5.79. The molecule has 1 aliphatic rings. The van der Waals surface area contributed by atoms with Crippen LogP contribution in [0.3, 0.4) is 0 Å². The van der Waals surface area contributed by atoms with Gasteiger partial charge in [-0.25, -0.2) is 4.68 Å². The molecule has 1 aromatic rings. The molecule has 5 heteroatoms. The van der Waals surface area contributed by atoms with Crippen LogP contribution in [0.1, 0.15) is 40.0 Å². The van der Waals surface area contributed by atoms with Crippen molar-refractivity contribution >= 4 is 5.69 Å². The van der Waals surface area contributed by atoms with Crippen LogP contribution < -0.4 is 15.8 Å². The van der Waals surface area contributed by atoms with Crippen LogP contribution >= 0.6 is 0 Å². The van der Waals surface area contributed by atoms with E-state index in [0.29, 0.717) is 12.6 Å². The van der Waals surface area contributed by atoms with Gasteiger partial charge in [0.25, 0.3) is 5.56 Å². The van der Waals surface area contributed by atoms with Gasteiger partial charge in [0, 0.05) is 31.7 Å². The highest BCUT2D eigenvalue weighted by Gasteiger charge is 2.17. The van der Waals surface area contributed by atoms with Gasteiger partial charge in [0.2, 0.25) is 0 Å². The quantitative estimate of drug-likeness (QED) is 0.869. The average molecular weight is 292 g/mol. The lowest BCUT2D eigenvalue weighted by Crippen LogP contribution is -2.35. The van der Waals surface area contributed by atoms with Crippen LogP contribution in [0.25, 0.3) is 0 Å². The van der Waals surface area contributed by atoms with E-state index in [2.05, 4.69) is 36.1 Å². The zero-order valence-electron chi connectivity index (χ0n) is 13.5. The summed E-state index contributed by atoms with van der Waals surface area (Å²) < 4.78 is 1.57. The molecule has 118 valence electrons. The average Bonchev–Trinajstić information content (AvgIpc) is 2.47. The molecule has 0 aliphatic carbocycles. The maximum Gasteiger partial charge on any atom is 0.268 e. The van der Waals surface area contributed by atoms with E-state index in [1.54, 1.807) is 10.7 Å². The van der Waals surface area contributed by atoms with Crippen LogP contribution in [-0.4, -0.2) is 35.5 Å². The van der Waals surface area contributed by atoms with Gasteiger partial charge in [-0.05, 0) is 38.6 Å². The molecule has 1 fully saturated rings. The van der Waals surface area contributed by atoms with E-state index in [4.69, 9.17) is 0 Å². The van der Waals surface area contributed by atoms with Gasteiger partial charge in [-0.3, -0.25) is 4.79 Å². The van der Waals surface area contributed by atoms with E-state index in [1.807, 2.05) is 6.20 Å². The fourth-order valence-electron chi connectivity index (χ4n) is 2.80. The first-order chi connectivity index (χ1) is 10.1. The summed E-state index contributed by atoms with van der Waals surface area (Å²) in [5, 5.41) is 7.69. The van der Waals surface area contributed by atoms with Gasteiger partial charge >= 0.3 is 0 Å². The zero-order valence-corrected chi connectivity index (χ0v) is 13.5. The van der Waals surface area contributed by atoms with Gasteiger partial charge in [0.1, 0.15) is 0 Å². The fourth-order valence-corrected chi connectivity index (χ4v) is 2.80. The van der Waals surface area contributed by atoms with Crippen molar-refractivity contribution in [3.05, 3.63) is 22.6 Å². The first-order valence-corrected chi connectivity index (χ1v) is 8.15. The van der Waals surface area contributed by atoms with Crippen molar-refractivity contribution in [2.75, 3.05) is 24.5 Å². The molecule has 0 radical (unpaired) electrons. The van der Waals surface area contributed by atoms with Gasteiger partial charge in [0.15, 0.2) is 0 Å². The van der Waals surface area contributed by atoms with E-state index < -0.39 is 0 Å². The minimum absolute atomic E-state index is 0.00909. The van der Waals surface area contributed by atoms with Crippen LogP contribution in [-0.2, 0) is 6.54 Å². The molecule has 0 spiro atoms. The highest BCUT2D eigenvalue weighted by atomic mass is 16.1. The Bertz CT molecular complexity index is 491. The number of hydrogen-bond acceptors (Lipinski definition) is 4. The largest absolute Gasteiger partial charge is 0.370 e. The zero-order chi connectivity index (χ0) is 15.2. The van der Waals surface area contributed by atoms with E-state index in [1.165, 1.54) is 12.8 Å². The maximum atomic E-state index is 12.2. The van der Waals surface area contributed by atoms with Crippen LogP contribution in [0, 0.1) is 5.92 Å². The van der Waals surface area contributed by atoms with Crippen LogP contribution in [0.15, 0.2) is 17.1 Å². The molecule has 1 atom stereocenters. The molecule has 5 nitrogen and oxygen atoms in total. The third-order valence-electron chi connectivity index (χ3n) is 4.33. The van der Waals surface area contributed by atoms with Crippen molar-refractivity contribution in [2.45, 2.75) is 52.6 Å². The summed E-state index contributed by atoms with van der Waals surface area (Å²) in [6.45, 7) is 10.2. The standard InChI is InChI=1S/C16H28N4O/c1-4-17-14(3)7-10-20-16(21)11-15(12-18-20)19-8-5-13(2)6-9-19/h11-14,17H,4-10H2,1-3H3. The summed E-state index contributed by atoms with van der Waals surface area (Å²) in [4.78, 5) is 14.4.